The van der Waals surface area contributed by atoms with E-state index in [9.17, 15) is 4.79 Å². The van der Waals surface area contributed by atoms with E-state index in [1.165, 1.54) is 25.7 Å². The maximum absolute atomic E-state index is 11.3. The molecule has 1 amide bonds. The van der Waals surface area contributed by atoms with E-state index in [1.54, 1.807) is 7.05 Å². The van der Waals surface area contributed by atoms with Gasteiger partial charge >= 0.3 is 0 Å². The Kier molecular flexibility index (Phi) is 9.19. The molecule has 1 saturated carbocycles. The van der Waals surface area contributed by atoms with Crippen LogP contribution in [0, 0.1) is 29.6 Å². The zero-order valence-corrected chi connectivity index (χ0v) is 14.4. The van der Waals surface area contributed by atoms with Crippen molar-refractivity contribution in [3.8, 4) is 11.8 Å². The molecule has 0 saturated heterocycles. The first-order valence-corrected chi connectivity index (χ1v) is 8.59. The predicted molar refractivity (Wildman–Crippen MR) is 90.3 cm³/mol. The quantitative estimate of drug-likeness (QED) is 0.673. The molecular formula is C18H32N2O2. The van der Waals surface area contributed by atoms with Crippen LogP contribution in [0.2, 0.25) is 0 Å². The predicted octanol–water partition coefficient (Wildman–Crippen LogP) is 1.88. The summed E-state index contributed by atoms with van der Waals surface area (Å²) in [7, 11) is 3.79. The van der Waals surface area contributed by atoms with Gasteiger partial charge in [-0.2, -0.15) is 0 Å². The molecule has 2 unspecified atom stereocenters. The van der Waals surface area contributed by atoms with E-state index in [0.29, 0.717) is 18.3 Å². The Bertz CT molecular complexity index is 386. The second kappa shape index (κ2) is 10.6. The van der Waals surface area contributed by atoms with Gasteiger partial charge in [0, 0.05) is 32.5 Å². The van der Waals surface area contributed by atoms with Crippen LogP contribution in [0.3, 0.4) is 0 Å². The average Bonchev–Trinajstić information content (AvgIpc) is 2.90. The molecule has 1 aliphatic rings. The lowest BCUT2D eigenvalue weighted by molar-refractivity contribution is -0.120. The highest BCUT2D eigenvalue weighted by Gasteiger charge is 2.33. The number of rotatable bonds is 8. The molecule has 0 radical (unpaired) electrons. The fourth-order valence-corrected chi connectivity index (χ4v) is 3.47. The molecule has 0 aromatic rings. The molecule has 0 spiro atoms. The van der Waals surface area contributed by atoms with E-state index in [1.807, 2.05) is 0 Å². The van der Waals surface area contributed by atoms with Crippen molar-refractivity contribution >= 4 is 5.91 Å². The summed E-state index contributed by atoms with van der Waals surface area (Å²) in [4.78, 5) is 13.6. The summed E-state index contributed by atoms with van der Waals surface area (Å²) in [5, 5.41) is 11.5. The van der Waals surface area contributed by atoms with Gasteiger partial charge in [-0.05, 0) is 31.7 Å². The van der Waals surface area contributed by atoms with Gasteiger partial charge in [-0.25, -0.2) is 0 Å². The van der Waals surface area contributed by atoms with Crippen LogP contribution in [-0.4, -0.2) is 49.7 Å². The Morgan fingerprint density at radius 2 is 2.09 bits per heavy atom. The van der Waals surface area contributed by atoms with Crippen LogP contribution in [0.15, 0.2) is 0 Å². The van der Waals surface area contributed by atoms with Crippen LogP contribution in [-0.2, 0) is 4.79 Å². The van der Waals surface area contributed by atoms with Gasteiger partial charge in [0.05, 0.1) is 0 Å². The number of nitrogens with one attached hydrogen (secondary N) is 1. The molecule has 22 heavy (non-hydrogen) atoms. The van der Waals surface area contributed by atoms with Crippen molar-refractivity contribution in [2.75, 3.05) is 33.8 Å². The molecule has 4 nitrogen and oxygen atoms in total. The number of amides is 1. The first-order chi connectivity index (χ1) is 10.6. The van der Waals surface area contributed by atoms with E-state index < -0.39 is 0 Å². The molecule has 3 atom stereocenters. The Morgan fingerprint density at radius 3 is 2.73 bits per heavy atom. The second-order valence-corrected chi connectivity index (χ2v) is 6.50. The topological polar surface area (TPSA) is 52.6 Å². The highest BCUT2D eigenvalue weighted by atomic mass is 16.2. The zero-order valence-electron chi connectivity index (χ0n) is 14.4. The summed E-state index contributed by atoms with van der Waals surface area (Å²) in [5.41, 5.74) is 0. The van der Waals surface area contributed by atoms with Gasteiger partial charge in [-0.3, -0.25) is 4.79 Å². The average molecular weight is 308 g/mol. The van der Waals surface area contributed by atoms with Crippen molar-refractivity contribution in [3.05, 3.63) is 0 Å². The van der Waals surface area contributed by atoms with E-state index in [-0.39, 0.29) is 12.5 Å². The number of hydrogen-bond donors (Lipinski definition) is 2. The minimum absolute atomic E-state index is 0.0349. The Hall–Kier alpha value is -1.05. The van der Waals surface area contributed by atoms with Gasteiger partial charge in [0.2, 0.25) is 5.91 Å². The molecule has 0 aromatic carbocycles. The van der Waals surface area contributed by atoms with Crippen LogP contribution in [0.5, 0.6) is 0 Å². The minimum Gasteiger partial charge on any atom is -0.384 e. The van der Waals surface area contributed by atoms with Gasteiger partial charge in [-0.1, -0.05) is 38.0 Å². The van der Waals surface area contributed by atoms with Crippen molar-refractivity contribution < 1.29 is 9.90 Å². The number of aliphatic hydroxyl groups excluding tert-OH is 1. The lowest BCUT2D eigenvalue weighted by atomic mass is 9.90. The molecule has 0 heterocycles. The first-order valence-electron chi connectivity index (χ1n) is 8.59. The van der Waals surface area contributed by atoms with E-state index in [2.05, 4.69) is 36.0 Å². The van der Waals surface area contributed by atoms with E-state index in [0.717, 1.165) is 25.4 Å². The van der Waals surface area contributed by atoms with Crippen molar-refractivity contribution in [2.24, 2.45) is 17.8 Å². The maximum Gasteiger partial charge on any atom is 0.221 e. The molecule has 0 aromatic heterocycles. The lowest BCUT2D eigenvalue weighted by Crippen LogP contribution is -2.31. The molecule has 4 heteroatoms. The van der Waals surface area contributed by atoms with Gasteiger partial charge < -0.3 is 15.3 Å². The summed E-state index contributed by atoms with van der Waals surface area (Å²) in [6.07, 6.45) is 6.66. The standard InChI is InChI=1S/C18H32N2O2/c1-4-5-8-16-12-15(7-6-11-21)13-17(16)14-20(3)10-9-18(22)19-2/h15-17,21H,4-5,8-14H2,1-3H3,(H,19,22)/t15?,16?,17-/m0/s1. The van der Waals surface area contributed by atoms with Crippen LogP contribution in [0.1, 0.15) is 45.4 Å². The van der Waals surface area contributed by atoms with Crippen molar-refractivity contribution in [2.45, 2.75) is 45.4 Å². The molecule has 1 aliphatic carbocycles. The monoisotopic (exact) mass is 308 g/mol. The molecule has 0 aliphatic heterocycles. The summed E-state index contributed by atoms with van der Waals surface area (Å²) in [6, 6.07) is 0. The number of carbonyl (C=O) groups is 1. The normalized spacial score (nSPS) is 24.1. The fraction of sp³-hybridized carbons (Fsp3) is 0.833. The van der Waals surface area contributed by atoms with E-state index in [4.69, 9.17) is 5.11 Å². The largest absolute Gasteiger partial charge is 0.384 e. The molecular weight excluding hydrogens is 276 g/mol. The highest BCUT2D eigenvalue weighted by Crippen LogP contribution is 2.39. The molecule has 1 rings (SSSR count). The summed E-state index contributed by atoms with van der Waals surface area (Å²) >= 11 is 0. The maximum atomic E-state index is 11.3. The number of carbonyl (C=O) groups excluding carboxylic acids is 1. The van der Waals surface area contributed by atoms with Gasteiger partial charge in [-0.15, -0.1) is 0 Å². The molecule has 2 N–H and O–H groups in total. The Balaban J connectivity index is 2.50. The van der Waals surface area contributed by atoms with Crippen molar-refractivity contribution in [1.29, 1.82) is 0 Å². The van der Waals surface area contributed by atoms with Crippen molar-refractivity contribution in [3.63, 3.8) is 0 Å². The fourth-order valence-electron chi connectivity index (χ4n) is 3.47. The second-order valence-electron chi connectivity index (χ2n) is 6.50. The lowest BCUT2D eigenvalue weighted by Gasteiger charge is -2.25. The third-order valence-electron chi connectivity index (χ3n) is 4.70. The highest BCUT2D eigenvalue weighted by molar-refractivity contribution is 5.75. The van der Waals surface area contributed by atoms with Crippen LogP contribution < -0.4 is 5.32 Å². The zero-order chi connectivity index (χ0) is 16.4. The molecule has 0 bridgehead atoms. The van der Waals surface area contributed by atoms with Crippen LogP contribution >= 0.6 is 0 Å². The van der Waals surface area contributed by atoms with E-state index >= 15 is 0 Å². The van der Waals surface area contributed by atoms with Gasteiger partial charge in [0.15, 0.2) is 0 Å². The third-order valence-corrected chi connectivity index (χ3v) is 4.70. The number of aliphatic hydroxyl groups is 1. The number of nitrogens with zero attached hydrogens (tertiary/aromatic N) is 1. The summed E-state index contributed by atoms with van der Waals surface area (Å²) in [5.74, 6) is 7.99. The summed E-state index contributed by atoms with van der Waals surface area (Å²) in [6.45, 7) is 4.06. The van der Waals surface area contributed by atoms with Crippen molar-refractivity contribution in [1.82, 2.24) is 10.2 Å². The van der Waals surface area contributed by atoms with Gasteiger partial charge in [0.1, 0.15) is 6.61 Å². The Labute approximate surface area is 135 Å². The third kappa shape index (κ3) is 6.81. The minimum atomic E-state index is -0.0349. The number of unbranched alkanes of at least 4 members (excludes halogenated alkanes) is 1. The van der Waals surface area contributed by atoms with Gasteiger partial charge in [0.25, 0.3) is 0 Å². The molecule has 126 valence electrons. The van der Waals surface area contributed by atoms with Crippen LogP contribution in [0.4, 0.5) is 0 Å². The smallest absolute Gasteiger partial charge is 0.221 e. The first kappa shape index (κ1) is 19.0. The van der Waals surface area contributed by atoms with Crippen LogP contribution in [0.25, 0.3) is 0 Å². The number of hydrogen-bond acceptors (Lipinski definition) is 3. The Morgan fingerprint density at radius 1 is 1.36 bits per heavy atom. The molecule has 1 fully saturated rings. The SMILES string of the molecule is CCCCC1CC(C#CCO)C[C@H]1CN(C)CCC(=O)NC. The summed E-state index contributed by atoms with van der Waals surface area (Å²) < 4.78 is 0.